The highest BCUT2D eigenvalue weighted by atomic mass is 32.2. The van der Waals surface area contributed by atoms with E-state index in [1.54, 1.807) is 25.5 Å². The van der Waals surface area contributed by atoms with E-state index in [1.165, 1.54) is 11.8 Å². The van der Waals surface area contributed by atoms with E-state index < -0.39 is 0 Å². The maximum atomic E-state index is 12.6. The first-order valence-electron chi connectivity index (χ1n) is 8.36. The molecule has 0 N–H and O–H groups in total. The number of Topliss-reactive ketones (excluding diaryl/α,β-unsaturated/α-hetero) is 1. The molecular formula is C19H21N3O3S. The number of ether oxygens (including phenoxy) is 1. The van der Waals surface area contributed by atoms with E-state index in [-0.39, 0.29) is 11.5 Å². The van der Waals surface area contributed by atoms with Crippen LogP contribution in [0.3, 0.4) is 0 Å². The number of rotatable bonds is 8. The molecule has 2 heterocycles. The van der Waals surface area contributed by atoms with Crippen molar-refractivity contribution in [3.05, 3.63) is 48.2 Å². The van der Waals surface area contributed by atoms with E-state index in [1.807, 2.05) is 28.8 Å². The van der Waals surface area contributed by atoms with Gasteiger partial charge in [-0.3, -0.25) is 9.36 Å². The van der Waals surface area contributed by atoms with Crippen LogP contribution in [0.15, 0.2) is 52.2 Å². The standard InChI is InChI=1S/C19H21N3O3S/c1-13(2)11-22-18(17-9-6-10-25-17)20-21-19(22)26-12-15(23)14-7-4-5-8-16(14)24-3/h4-10,13H,11-12H2,1-3H3. The zero-order valence-electron chi connectivity index (χ0n) is 15.0. The number of aromatic nitrogens is 3. The molecule has 136 valence electrons. The van der Waals surface area contributed by atoms with Crippen LogP contribution in [-0.4, -0.2) is 33.4 Å². The van der Waals surface area contributed by atoms with Crippen LogP contribution in [0.5, 0.6) is 5.75 Å². The number of furan rings is 1. The number of para-hydroxylation sites is 1. The van der Waals surface area contributed by atoms with Gasteiger partial charge < -0.3 is 9.15 Å². The molecule has 0 atom stereocenters. The van der Waals surface area contributed by atoms with Crippen LogP contribution in [-0.2, 0) is 6.54 Å². The van der Waals surface area contributed by atoms with Gasteiger partial charge in [-0.05, 0) is 30.2 Å². The number of nitrogens with zero attached hydrogens (tertiary/aromatic N) is 3. The molecule has 26 heavy (non-hydrogen) atoms. The summed E-state index contributed by atoms with van der Waals surface area (Å²) in [7, 11) is 1.56. The van der Waals surface area contributed by atoms with Gasteiger partial charge in [0.05, 0.1) is 24.7 Å². The highest BCUT2D eigenvalue weighted by molar-refractivity contribution is 7.99. The molecule has 0 fully saturated rings. The van der Waals surface area contributed by atoms with Crippen molar-refractivity contribution in [3.63, 3.8) is 0 Å². The number of thioether (sulfide) groups is 1. The van der Waals surface area contributed by atoms with Gasteiger partial charge in [-0.25, -0.2) is 0 Å². The average molecular weight is 371 g/mol. The Morgan fingerprint density at radius 3 is 2.73 bits per heavy atom. The second kappa shape index (κ2) is 8.23. The number of methoxy groups -OCH3 is 1. The smallest absolute Gasteiger partial charge is 0.200 e. The molecule has 0 bridgehead atoms. The fourth-order valence-electron chi connectivity index (χ4n) is 2.60. The Morgan fingerprint density at radius 1 is 1.23 bits per heavy atom. The molecule has 0 aliphatic carbocycles. The summed E-state index contributed by atoms with van der Waals surface area (Å²) >= 11 is 1.37. The highest BCUT2D eigenvalue weighted by Crippen LogP contribution is 2.27. The van der Waals surface area contributed by atoms with E-state index in [9.17, 15) is 4.79 Å². The van der Waals surface area contributed by atoms with E-state index in [2.05, 4.69) is 24.0 Å². The Morgan fingerprint density at radius 2 is 2.04 bits per heavy atom. The Bertz CT molecular complexity index is 872. The highest BCUT2D eigenvalue weighted by Gasteiger charge is 2.19. The van der Waals surface area contributed by atoms with Crippen molar-refractivity contribution in [2.75, 3.05) is 12.9 Å². The molecule has 0 unspecified atom stereocenters. The molecule has 0 amide bonds. The van der Waals surface area contributed by atoms with Crippen molar-refractivity contribution in [1.29, 1.82) is 0 Å². The molecule has 0 aliphatic heterocycles. The lowest BCUT2D eigenvalue weighted by molar-refractivity contribution is 0.101. The summed E-state index contributed by atoms with van der Waals surface area (Å²) < 4.78 is 12.7. The largest absolute Gasteiger partial charge is 0.496 e. The first-order chi connectivity index (χ1) is 12.6. The summed E-state index contributed by atoms with van der Waals surface area (Å²) in [5.74, 6) is 2.58. The maximum Gasteiger partial charge on any atom is 0.200 e. The van der Waals surface area contributed by atoms with Crippen molar-refractivity contribution in [2.24, 2.45) is 5.92 Å². The quantitative estimate of drug-likeness (QED) is 0.437. The molecular weight excluding hydrogens is 350 g/mol. The molecule has 7 heteroatoms. The average Bonchev–Trinajstić information content (AvgIpc) is 3.29. The minimum absolute atomic E-state index is 0.00824. The maximum absolute atomic E-state index is 12.6. The van der Waals surface area contributed by atoms with Gasteiger partial charge in [0.25, 0.3) is 0 Å². The third-order valence-electron chi connectivity index (χ3n) is 3.75. The van der Waals surface area contributed by atoms with Crippen LogP contribution in [0.1, 0.15) is 24.2 Å². The third-order valence-corrected chi connectivity index (χ3v) is 4.71. The summed E-state index contributed by atoms with van der Waals surface area (Å²) in [5, 5.41) is 9.23. The molecule has 0 saturated carbocycles. The Hall–Kier alpha value is -2.54. The molecule has 3 aromatic rings. The number of hydrogen-bond donors (Lipinski definition) is 0. The summed E-state index contributed by atoms with van der Waals surface area (Å²) in [6, 6.07) is 10.9. The van der Waals surface area contributed by atoms with Crippen LogP contribution < -0.4 is 4.74 Å². The van der Waals surface area contributed by atoms with E-state index in [4.69, 9.17) is 9.15 Å². The van der Waals surface area contributed by atoms with Crippen LogP contribution in [0.2, 0.25) is 0 Å². The molecule has 1 aromatic carbocycles. The second-order valence-corrected chi connectivity index (χ2v) is 7.14. The summed E-state index contributed by atoms with van der Waals surface area (Å²) in [5.41, 5.74) is 0.573. The zero-order chi connectivity index (χ0) is 18.5. The lowest BCUT2D eigenvalue weighted by Crippen LogP contribution is -2.09. The first kappa shape index (κ1) is 18.3. The number of benzene rings is 1. The molecule has 0 radical (unpaired) electrons. The normalized spacial score (nSPS) is 11.1. The number of carbonyl (C=O) groups excluding carboxylic acids is 1. The van der Waals surface area contributed by atoms with E-state index >= 15 is 0 Å². The molecule has 3 rings (SSSR count). The number of carbonyl (C=O) groups is 1. The van der Waals surface area contributed by atoms with Crippen molar-refractivity contribution < 1.29 is 13.9 Å². The van der Waals surface area contributed by atoms with E-state index in [0.717, 1.165) is 6.54 Å². The fourth-order valence-corrected chi connectivity index (χ4v) is 3.43. The molecule has 0 aliphatic rings. The van der Waals surface area contributed by atoms with Gasteiger partial charge in [0, 0.05) is 6.54 Å². The summed E-state index contributed by atoms with van der Waals surface area (Å²) in [6.45, 7) is 4.99. The lowest BCUT2D eigenvalue weighted by atomic mass is 10.1. The molecule has 0 spiro atoms. The molecule has 0 saturated heterocycles. The van der Waals surface area contributed by atoms with Crippen LogP contribution in [0.4, 0.5) is 0 Å². The number of ketones is 1. The summed E-state index contributed by atoms with van der Waals surface area (Å²) in [6.07, 6.45) is 1.61. The van der Waals surface area contributed by atoms with Crippen molar-refractivity contribution in [2.45, 2.75) is 25.5 Å². The Labute approximate surface area is 156 Å². The third kappa shape index (κ3) is 3.99. The van der Waals surface area contributed by atoms with Gasteiger partial charge in [0.1, 0.15) is 5.75 Å². The van der Waals surface area contributed by atoms with Gasteiger partial charge in [-0.1, -0.05) is 37.7 Å². The van der Waals surface area contributed by atoms with Gasteiger partial charge >= 0.3 is 0 Å². The van der Waals surface area contributed by atoms with Crippen molar-refractivity contribution in [3.8, 4) is 17.3 Å². The van der Waals surface area contributed by atoms with Crippen LogP contribution in [0, 0.1) is 5.92 Å². The molecule has 6 nitrogen and oxygen atoms in total. The number of hydrogen-bond acceptors (Lipinski definition) is 6. The minimum Gasteiger partial charge on any atom is -0.496 e. The fraction of sp³-hybridized carbons (Fsp3) is 0.316. The summed E-state index contributed by atoms with van der Waals surface area (Å²) in [4.78, 5) is 12.6. The van der Waals surface area contributed by atoms with Gasteiger partial charge in [0.2, 0.25) is 0 Å². The molecule has 2 aromatic heterocycles. The SMILES string of the molecule is COc1ccccc1C(=O)CSc1nnc(-c2ccco2)n1CC(C)C. The first-order valence-corrected chi connectivity index (χ1v) is 9.34. The second-order valence-electron chi connectivity index (χ2n) is 6.20. The van der Waals surface area contributed by atoms with Gasteiger partial charge in [-0.15, -0.1) is 10.2 Å². The predicted octanol–water partition coefficient (Wildman–Crippen LogP) is 4.18. The predicted molar refractivity (Wildman–Crippen MR) is 101 cm³/mol. The van der Waals surface area contributed by atoms with Gasteiger partial charge in [-0.2, -0.15) is 0 Å². The Balaban J connectivity index is 1.80. The van der Waals surface area contributed by atoms with Gasteiger partial charge in [0.15, 0.2) is 22.5 Å². The van der Waals surface area contributed by atoms with Crippen molar-refractivity contribution >= 4 is 17.5 Å². The van der Waals surface area contributed by atoms with Crippen molar-refractivity contribution in [1.82, 2.24) is 14.8 Å². The lowest BCUT2D eigenvalue weighted by Gasteiger charge is -2.11. The van der Waals surface area contributed by atoms with Crippen LogP contribution in [0.25, 0.3) is 11.6 Å². The minimum atomic E-state index is -0.00824. The van der Waals surface area contributed by atoms with Crippen LogP contribution >= 0.6 is 11.8 Å². The monoisotopic (exact) mass is 371 g/mol. The zero-order valence-corrected chi connectivity index (χ0v) is 15.8. The topological polar surface area (TPSA) is 70.2 Å². The Kier molecular flexibility index (Phi) is 5.78. The van der Waals surface area contributed by atoms with E-state index in [0.29, 0.717) is 34.0 Å².